The molecular weight excluding hydrogens is 348 g/mol. The first-order chi connectivity index (χ1) is 12.5. The van der Waals surface area contributed by atoms with Crippen LogP contribution in [0.15, 0.2) is 30.3 Å². The molecule has 1 saturated heterocycles. The number of carbonyl (C=O) groups is 3. The number of aliphatic carboxylic acids is 1. The highest BCUT2D eigenvalue weighted by Crippen LogP contribution is 2.32. The quantitative estimate of drug-likeness (QED) is 0.824. The number of alkyl carbamates (subject to hydrolysis) is 1. The van der Waals surface area contributed by atoms with Gasteiger partial charge in [-0.2, -0.15) is 0 Å². The zero-order valence-electron chi connectivity index (χ0n) is 16.3. The number of hydrogen-bond donors (Lipinski definition) is 2. The number of ether oxygens (including phenoxy) is 1. The minimum Gasteiger partial charge on any atom is -0.481 e. The van der Waals surface area contributed by atoms with E-state index in [-0.39, 0.29) is 6.42 Å². The van der Waals surface area contributed by atoms with E-state index in [4.69, 9.17) is 4.74 Å². The normalized spacial score (nSPS) is 21.5. The number of nitrogens with zero attached hydrogens (tertiary/aromatic N) is 1. The first kappa shape index (κ1) is 20.7. The van der Waals surface area contributed by atoms with Gasteiger partial charge >= 0.3 is 12.1 Å². The van der Waals surface area contributed by atoms with Gasteiger partial charge in [-0.25, -0.2) is 4.79 Å². The molecule has 0 aliphatic carbocycles. The van der Waals surface area contributed by atoms with Crippen LogP contribution in [0.4, 0.5) is 4.79 Å². The maximum atomic E-state index is 13.3. The van der Waals surface area contributed by atoms with Crippen molar-refractivity contribution in [2.24, 2.45) is 5.92 Å². The van der Waals surface area contributed by atoms with E-state index in [0.29, 0.717) is 19.5 Å². The molecular formula is C20H28N2O5. The average molecular weight is 376 g/mol. The molecule has 1 aliphatic heterocycles. The van der Waals surface area contributed by atoms with Gasteiger partial charge in [0.25, 0.3) is 0 Å². The van der Waals surface area contributed by atoms with Crippen LogP contribution >= 0.6 is 0 Å². The molecule has 27 heavy (non-hydrogen) atoms. The third-order valence-corrected chi connectivity index (χ3v) is 4.72. The minimum absolute atomic E-state index is 0.254. The van der Waals surface area contributed by atoms with E-state index in [1.165, 1.54) is 6.92 Å². The predicted molar refractivity (Wildman–Crippen MR) is 100.0 cm³/mol. The molecule has 2 N–H and O–H groups in total. The third kappa shape index (κ3) is 4.99. The lowest BCUT2D eigenvalue weighted by Gasteiger charge is -2.44. The molecule has 2 amide bonds. The molecule has 0 spiro atoms. The van der Waals surface area contributed by atoms with Crippen LogP contribution in [0.3, 0.4) is 0 Å². The SMILES string of the molecule is C[C@@H](C(=O)O)[C@]1(NC(=O)OC(C)(C)C)CCCN(Cc2ccccc2)C1=O. The van der Waals surface area contributed by atoms with Crippen molar-refractivity contribution in [1.82, 2.24) is 10.2 Å². The van der Waals surface area contributed by atoms with Crippen molar-refractivity contribution in [1.29, 1.82) is 0 Å². The van der Waals surface area contributed by atoms with Crippen LogP contribution in [-0.4, -0.2) is 45.7 Å². The third-order valence-electron chi connectivity index (χ3n) is 4.72. The molecule has 1 aromatic rings. The van der Waals surface area contributed by atoms with Gasteiger partial charge in [0.2, 0.25) is 5.91 Å². The second kappa shape index (κ2) is 7.98. The summed E-state index contributed by atoms with van der Waals surface area (Å²) in [5.74, 6) is -2.62. The van der Waals surface area contributed by atoms with Crippen LogP contribution in [0.2, 0.25) is 0 Å². The molecule has 2 atom stereocenters. The Morgan fingerprint density at radius 2 is 1.93 bits per heavy atom. The molecule has 7 heteroatoms. The van der Waals surface area contributed by atoms with E-state index >= 15 is 0 Å². The Morgan fingerprint density at radius 1 is 1.30 bits per heavy atom. The lowest BCUT2D eigenvalue weighted by molar-refractivity contribution is -0.156. The van der Waals surface area contributed by atoms with Crippen LogP contribution in [0.25, 0.3) is 0 Å². The first-order valence-corrected chi connectivity index (χ1v) is 9.12. The molecule has 0 radical (unpaired) electrons. The number of nitrogens with one attached hydrogen (secondary N) is 1. The van der Waals surface area contributed by atoms with Crippen LogP contribution < -0.4 is 5.32 Å². The zero-order chi connectivity index (χ0) is 20.2. The average Bonchev–Trinajstić information content (AvgIpc) is 2.57. The summed E-state index contributed by atoms with van der Waals surface area (Å²) in [5.41, 5.74) is -1.33. The van der Waals surface area contributed by atoms with Crippen molar-refractivity contribution < 1.29 is 24.2 Å². The van der Waals surface area contributed by atoms with Gasteiger partial charge in [-0.15, -0.1) is 0 Å². The molecule has 0 aromatic heterocycles. The molecule has 1 aromatic carbocycles. The minimum atomic E-state index is -1.53. The summed E-state index contributed by atoms with van der Waals surface area (Å²) >= 11 is 0. The van der Waals surface area contributed by atoms with Gasteiger partial charge in [-0.05, 0) is 46.1 Å². The Hall–Kier alpha value is -2.57. The van der Waals surface area contributed by atoms with Crippen molar-refractivity contribution in [3.8, 4) is 0 Å². The second-order valence-corrected chi connectivity index (χ2v) is 7.97. The molecule has 1 fully saturated rings. The lowest BCUT2D eigenvalue weighted by atomic mass is 9.77. The Balaban J connectivity index is 2.29. The number of carbonyl (C=O) groups excluding carboxylic acids is 2. The number of carboxylic acids is 1. The number of amides is 2. The van der Waals surface area contributed by atoms with E-state index in [1.807, 2.05) is 30.3 Å². The molecule has 2 rings (SSSR count). The number of piperidine rings is 1. The number of benzene rings is 1. The number of rotatable bonds is 5. The van der Waals surface area contributed by atoms with Crippen LogP contribution in [-0.2, 0) is 20.9 Å². The van der Waals surface area contributed by atoms with Crippen molar-refractivity contribution in [2.75, 3.05) is 6.54 Å². The Bertz CT molecular complexity index is 698. The molecule has 0 bridgehead atoms. The number of carboxylic acid groups (broad SMARTS) is 1. The van der Waals surface area contributed by atoms with Gasteiger partial charge in [0, 0.05) is 13.1 Å². The molecule has 148 valence electrons. The highest BCUT2D eigenvalue weighted by molar-refractivity contribution is 5.95. The highest BCUT2D eigenvalue weighted by Gasteiger charge is 2.52. The van der Waals surface area contributed by atoms with E-state index in [1.54, 1.807) is 25.7 Å². The van der Waals surface area contributed by atoms with Crippen molar-refractivity contribution >= 4 is 18.0 Å². The van der Waals surface area contributed by atoms with Gasteiger partial charge < -0.3 is 20.1 Å². The summed E-state index contributed by atoms with van der Waals surface area (Å²) in [6, 6.07) is 9.48. The monoisotopic (exact) mass is 376 g/mol. The summed E-state index contributed by atoms with van der Waals surface area (Å²) in [5, 5.41) is 12.2. The van der Waals surface area contributed by atoms with E-state index in [0.717, 1.165) is 5.56 Å². The Labute approximate surface area is 159 Å². The second-order valence-electron chi connectivity index (χ2n) is 7.97. The summed E-state index contributed by atoms with van der Waals surface area (Å²) in [7, 11) is 0. The fourth-order valence-electron chi connectivity index (χ4n) is 3.32. The Morgan fingerprint density at radius 3 is 2.48 bits per heavy atom. The van der Waals surface area contributed by atoms with E-state index < -0.39 is 35.0 Å². The van der Waals surface area contributed by atoms with Gasteiger partial charge in [0.05, 0.1) is 5.92 Å². The topological polar surface area (TPSA) is 95.9 Å². The fraction of sp³-hybridized carbons (Fsp3) is 0.550. The van der Waals surface area contributed by atoms with Gasteiger partial charge in [-0.1, -0.05) is 30.3 Å². The van der Waals surface area contributed by atoms with Crippen molar-refractivity contribution in [3.63, 3.8) is 0 Å². The Kier molecular flexibility index (Phi) is 6.13. The van der Waals surface area contributed by atoms with E-state index in [2.05, 4.69) is 5.32 Å². The fourth-order valence-corrected chi connectivity index (χ4v) is 3.32. The predicted octanol–water partition coefficient (Wildman–Crippen LogP) is 2.79. The van der Waals surface area contributed by atoms with Crippen LogP contribution in [0, 0.1) is 5.92 Å². The van der Waals surface area contributed by atoms with E-state index in [9.17, 15) is 19.5 Å². The van der Waals surface area contributed by atoms with Crippen molar-refractivity contribution in [3.05, 3.63) is 35.9 Å². The van der Waals surface area contributed by atoms with Gasteiger partial charge in [-0.3, -0.25) is 9.59 Å². The molecule has 1 aliphatic rings. The zero-order valence-corrected chi connectivity index (χ0v) is 16.3. The summed E-state index contributed by atoms with van der Waals surface area (Å²) in [6.07, 6.45) is 0.0565. The molecule has 0 saturated carbocycles. The largest absolute Gasteiger partial charge is 0.481 e. The number of likely N-dealkylation sites (tertiary alicyclic amines) is 1. The molecule has 0 unspecified atom stereocenters. The molecule has 1 heterocycles. The maximum absolute atomic E-state index is 13.3. The summed E-state index contributed by atoms with van der Waals surface area (Å²) in [4.78, 5) is 39.0. The van der Waals surface area contributed by atoms with Crippen molar-refractivity contribution in [2.45, 2.75) is 58.2 Å². The lowest BCUT2D eigenvalue weighted by Crippen LogP contribution is -2.67. The smallest absolute Gasteiger partial charge is 0.408 e. The first-order valence-electron chi connectivity index (χ1n) is 9.12. The molecule has 7 nitrogen and oxygen atoms in total. The van der Waals surface area contributed by atoms with Gasteiger partial charge in [0.15, 0.2) is 0 Å². The number of hydrogen-bond acceptors (Lipinski definition) is 4. The summed E-state index contributed by atoms with van der Waals surface area (Å²) in [6.45, 7) is 7.46. The standard InChI is InChI=1S/C20H28N2O5/c1-14(16(23)24)20(21-18(26)27-19(2,3)4)11-8-12-22(17(20)25)13-15-9-6-5-7-10-15/h5-7,9-10,14H,8,11-13H2,1-4H3,(H,21,26)(H,23,24)/t14-,20+/m0/s1. The highest BCUT2D eigenvalue weighted by atomic mass is 16.6. The van der Waals surface area contributed by atoms with Crippen LogP contribution in [0.1, 0.15) is 46.1 Å². The summed E-state index contributed by atoms with van der Waals surface area (Å²) < 4.78 is 5.28. The van der Waals surface area contributed by atoms with Gasteiger partial charge in [0.1, 0.15) is 11.1 Å². The maximum Gasteiger partial charge on any atom is 0.408 e. The van der Waals surface area contributed by atoms with Crippen LogP contribution in [0.5, 0.6) is 0 Å².